The number of phenols is 1. The number of urea groups is 1. The van der Waals surface area contributed by atoms with Gasteiger partial charge in [-0.05, 0) is 30.7 Å². The van der Waals surface area contributed by atoms with E-state index < -0.39 is 17.8 Å². The van der Waals surface area contributed by atoms with Crippen LogP contribution in [-0.4, -0.2) is 46.3 Å². The fourth-order valence-electron chi connectivity index (χ4n) is 2.11. The third kappa shape index (κ3) is 2.82. The zero-order chi connectivity index (χ0) is 16.4. The highest BCUT2D eigenvalue weighted by Gasteiger charge is 2.39. The van der Waals surface area contributed by atoms with Crippen LogP contribution < -0.4 is 0 Å². The summed E-state index contributed by atoms with van der Waals surface area (Å²) in [5.74, 6) is -1.49. The molecule has 0 aromatic heterocycles. The Kier molecular flexibility index (Phi) is 4.51. The molecule has 2 rings (SSSR count). The lowest BCUT2D eigenvalue weighted by molar-refractivity contribution is -0.135. The van der Waals surface area contributed by atoms with Crippen LogP contribution in [0.25, 0.3) is 6.08 Å². The van der Waals surface area contributed by atoms with E-state index in [9.17, 15) is 19.5 Å². The number of nitrogens with zero attached hydrogens (tertiary/aromatic N) is 2. The molecule has 1 aromatic carbocycles. The van der Waals surface area contributed by atoms with Crippen molar-refractivity contribution in [2.75, 3.05) is 13.6 Å². The van der Waals surface area contributed by atoms with Crippen LogP contribution in [0.3, 0.4) is 0 Å². The van der Waals surface area contributed by atoms with Gasteiger partial charge in [-0.1, -0.05) is 18.5 Å². The highest BCUT2D eigenvalue weighted by Crippen LogP contribution is 2.26. The quantitative estimate of drug-likeness (QED) is 0.684. The van der Waals surface area contributed by atoms with Crippen molar-refractivity contribution >= 4 is 35.5 Å². The summed E-state index contributed by atoms with van der Waals surface area (Å²) in [6.07, 6.45) is 1.83. The van der Waals surface area contributed by atoms with Crippen LogP contribution in [0.2, 0.25) is 5.02 Å². The fourth-order valence-corrected chi connectivity index (χ4v) is 2.29. The number of benzene rings is 1. The maximum absolute atomic E-state index is 12.4. The molecule has 0 unspecified atom stereocenters. The van der Waals surface area contributed by atoms with E-state index in [1.165, 1.54) is 31.3 Å². The van der Waals surface area contributed by atoms with Crippen LogP contribution in [0.15, 0.2) is 23.8 Å². The van der Waals surface area contributed by atoms with Crippen LogP contribution in [0.4, 0.5) is 4.79 Å². The second kappa shape index (κ2) is 6.19. The van der Waals surface area contributed by atoms with Crippen molar-refractivity contribution in [3.8, 4) is 5.75 Å². The summed E-state index contributed by atoms with van der Waals surface area (Å²) < 4.78 is 0. The van der Waals surface area contributed by atoms with Gasteiger partial charge < -0.3 is 5.11 Å². The first-order valence-electron chi connectivity index (χ1n) is 6.71. The van der Waals surface area contributed by atoms with E-state index in [2.05, 4.69) is 0 Å². The first-order chi connectivity index (χ1) is 10.4. The number of rotatable bonds is 3. The average molecular weight is 323 g/mol. The molecule has 0 bridgehead atoms. The van der Waals surface area contributed by atoms with Crippen LogP contribution >= 0.6 is 11.6 Å². The summed E-state index contributed by atoms with van der Waals surface area (Å²) in [5, 5.41) is 10.2. The highest BCUT2D eigenvalue weighted by atomic mass is 35.5. The van der Waals surface area contributed by atoms with Gasteiger partial charge in [0, 0.05) is 24.2 Å². The predicted octanol–water partition coefficient (Wildman–Crippen LogP) is 2.26. The lowest BCUT2D eigenvalue weighted by Crippen LogP contribution is -2.54. The number of halogens is 1. The number of carbonyl (C=O) groups excluding carboxylic acids is 3. The summed E-state index contributed by atoms with van der Waals surface area (Å²) in [7, 11) is 1.31. The van der Waals surface area contributed by atoms with Gasteiger partial charge >= 0.3 is 6.03 Å². The number of barbiturate groups is 1. The van der Waals surface area contributed by atoms with Crippen molar-refractivity contribution in [2.24, 2.45) is 0 Å². The molecule has 1 aliphatic heterocycles. The molecular weight excluding hydrogens is 308 g/mol. The third-order valence-corrected chi connectivity index (χ3v) is 3.50. The highest BCUT2D eigenvalue weighted by molar-refractivity contribution is 6.32. The monoisotopic (exact) mass is 322 g/mol. The Morgan fingerprint density at radius 2 is 1.91 bits per heavy atom. The summed E-state index contributed by atoms with van der Waals surface area (Å²) in [6, 6.07) is 3.64. The molecule has 22 heavy (non-hydrogen) atoms. The van der Waals surface area contributed by atoms with E-state index in [1.54, 1.807) is 0 Å². The van der Waals surface area contributed by atoms with Crippen molar-refractivity contribution in [2.45, 2.75) is 13.3 Å². The molecule has 0 aliphatic carbocycles. The van der Waals surface area contributed by atoms with Gasteiger partial charge in [0.2, 0.25) is 0 Å². The average Bonchev–Trinajstić information content (AvgIpc) is 2.49. The molecule has 1 aliphatic rings. The predicted molar refractivity (Wildman–Crippen MR) is 81.3 cm³/mol. The van der Waals surface area contributed by atoms with Crippen molar-refractivity contribution in [3.63, 3.8) is 0 Å². The van der Waals surface area contributed by atoms with Crippen molar-refractivity contribution in [3.05, 3.63) is 34.4 Å². The number of hydrogen-bond acceptors (Lipinski definition) is 4. The Labute approximate surface area is 132 Å². The molecule has 0 atom stereocenters. The van der Waals surface area contributed by atoms with Crippen molar-refractivity contribution in [1.82, 2.24) is 9.80 Å². The Morgan fingerprint density at radius 3 is 2.55 bits per heavy atom. The van der Waals surface area contributed by atoms with Gasteiger partial charge in [-0.3, -0.25) is 19.4 Å². The molecule has 1 saturated heterocycles. The molecule has 0 saturated carbocycles. The summed E-state index contributed by atoms with van der Waals surface area (Å²) >= 11 is 5.85. The van der Waals surface area contributed by atoms with Crippen molar-refractivity contribution < 1.29 is 19.5 Å². The first-order valence-corrected chi connectivity index (χ1v) is 7.08. The van der Waals surface area contributed by atoms with E-state index in [0.29, 0.717) is 11.4 Å². The van der Waals surface area contributed by atoms with Crippen LogP contribution in [0.1, 0.15) is 18.9 Å². The van der Waals surface area contributed by atoms with Gasteiger partial charge in [0.05, 0.1) is 0 Å². The van der Waals surface area contributed by atoms with Gasteiger partial charge in [-0.25, -0.2) is 4.79 Å². The Bertz CT molecular complexity index is 684. The smallest absolute Gasteiger partial charge is 0.333 e. The second-order valence-corrected chi connectivity index (χ2v) is 5.30. The standard InChI is InChI=1S/C15H15ClN2O4/c1-3-6-18-14(21)11(13(20)17(2)15(18)22)8-9-7-10(16)4-5-12(9)19/h4-5,7-8,19H,3,6H2,1-2H3/b11-8-. The SMILES string of the molecule is CCCN1C(=O)/C(=C\c2cc(Cl)ccc2O)C(=O)N(C)C1=O. The fraction of sp³-hybridized carbons (Fsp3) is 0.267. The largest absolute Gasteiger partial charge is 0.507 e. The molecule has 6 nitrogen and oxygen atoms in total. The lowest BCUT2D eigenvalue weighted by atomic mass is 10.1. The van der Waals surface area contributed by atoms with Gasteiger partial charge in [-0.2, -0.15) is 0 Å². The van der Waals surface area contributed by atoms with Crippen LogP contribution in [0, 0.1) is 0 Å². The van der Waals surface area contributed by atoms with Gasteiger partial charge in [-0.15, -0.1) is 0 Å². The van der Waals surface area contributed by atoms with Gasteiger partial charge in [0.15, 0.2) is 0 Å². The van der Waals surface area contributed by atoms with Crippen LogP contribution in [0.5, 0.6) is 5.75 Å². The summed E-state index contributed by atoms with van der Waals surface area (Å²) in [6.45, 7) is 2.04. The molecular formula is C15H15ClN2O4. The number of amides is 4. The maximum atomic E-state index is 12.4. The zero-order valence-electron chi connectivity index (χ0n) is 12.2. The van der Waals surface area contributed by atoms with Crippen molar-refractivity contribution in [1.29, 1.82) is 0 Å². The van der Waals surface area contributed by atoms with E-state index in [0.717, 1.165) is 9.80 Å². The molecule has 1 heterocycles. The number of imide groups is 2. The Morgan fingerprint density at radius 1 is 1.23 bits per heavy atom. The number of carbonyl (C=O) groups is 3. The van der Waals surface area contributed by atoms with E-state index >= 15 is 0 Å². The molecule has 4 amide bonds. The maximum Gasteiger partial charge on any atom is 0.333 e. The minimum Gasteiger partial charge on any atom is -0.507 e. The molecule has 0 spiro atoms. The Hall–Kier alpha value is -2.34. The molecule has 0 radical (unpaired) electrons. The normalized spacial score (nSPS) is 17.6. The van der Waals surface area contributed by atoms with Gasteiger partial charge in [0.25, 0.3) is 11.8 Å². The minimum absolute atomic E-state index is 0.112. The zero-order valence-corrected chi connectivity index (χ0v) is 12.9. The number of hydrogen-bond donors (Lipinski definition) is 1. The number of phenolic OH excluding ortho intramolecular Hbond substituents is 1. The second-order valence-electron chi connectivity index (χ2n) is 4.86. The van der Waals surface area contributed by atoms with Crippen LogP contribution in [-0.2, 0) is 9.59 Å². The molecule has 1 fully saturated rings. The van der Waals surface area contributed by atoms with E-state index in [4.69, 9.17) is 11.6 Å². The van der Waals surface area contributed by atoms with E-state index in [1.807, 2.05) is 6.92 Å². The lowest BCUT2D eigenvalue weighted by Gasteiger charge is -2.31. The molecule has 1 aromatic rings. The minimum atomic E-state index is -0.707. The molecule has 116 valence electrons. The number of likely N-dealkylation sites (N-methyl/N-ethyl adjacent to an activating group) is 1. The molecule has 7 heteroatoms. The summed E-state index contributed by atoms with van der Waals surface area (Å²) in [4.78, 5) is 38.4. The Balaban J connectivity index is 2.49. The number of aromatic hydroxyl groups is 1. The topological polar surface area (TPSA) is 77.9 Å². The first kappa shape index (κ1) is 16.0. The van der Waals surface area contributed by atoms with E-state index in [-0.39, 0.29) is 23.4 Å². The molecule has 1 N–H and O–H groups in total. The third-order valence-electron chi connectivity index (χ3n) is 3.27. The summed E-state index contributed by atoms with van der Waals surface area (Å²) in [5.41, 5.74) is 0.0523. The van der Waals surface area contributed by atoms with Gasteiger partial charge in [0.1, 0.15) is 11.3 Å².